The largest absolute Gasteiger partial charge is 0.497 e. The number of hydrogen-bond acceptors (Lipinski definition) is 8. The molecule has 0 saturated heterocycles. The summed E-state index contributed by atoms with van der Waals surface area (Å²) in [5, 5.41) is 2.78. The molecule has 1 atom stereocenters. The molecule has 44 heavy (non-hydrogen) atoms. The van der Waals surface area contributed by atoms with Gasteiger partial charge in [-0.1, -0.05) is 12.1 Å². The number of methoxy groups -OCH3 is 4. The van der Waals surface area contributed by atoms with E-state index in [4.69, 9.17) is 18.9 Å². The molecule has 238 valence electrons. The second kappa shape index (κ2) is 14.8. The number of carbonyl (C=O) groups is 2. The summed E-state index contributed by atoms with van der Waals surface area (Å²) < 4.78 is 64.6. The zero-order valence-corrected chi connectivity index (χ0v) is 26.6. The Labute approximate surface area is 257 Å². The van der Waals surface area contributed by atoms with Crippen molar-refractivity contribution in [1.29, 1.82) is 0 Å². The van der Waals surface area contributed by atoms with E-state index in [-0.39, 0.29) is 34.7 Å². The van der Waals surface area contributed by atoms with Crippen LogP contribution in [0.4, 0.5) is 10.1 Å². The number of amides is 2. The second-order valence-electron chi connectivity index (χ2n) is 10.1. The number of benzene rings is 3. The van der Waals surface area contributed by atoms with E-state index in [9.17, 15) is 22.4 Å². The maximum absolute atomic E-state index is 14.3. The smallest absolute Gasteiger partial charge is 0.265 e. The molecule has 0 aliphatic rings. The Bertz CT molecular complexity index is 1560. The van der Waals surface area contributed by atoms with Crippen LogP contribution in [0, 0.1) is 5.82 Å². The van der Waals surface area contributed by atoms with Crippen molar-refractivity contribution in [2.24, 2.45) is 0 Å². The molecule has 0 aliphatic carbocycles. The number of anilines is 1. The molecule has 3 aromatic carbocycles. The van der Waals surface area contributed by atoms with E-state index in [1.54, 1.807) is 26.8 Å². The quantitative estimate of drug-likeness (QED) is 0.283. The molecule has 11 nitrogen and oxygen atoms in total. The van der Waals surface area contributed by atoms with Crippen LogP contribution in [0.3, 0.4) is 0 Å². The van der Waals surface area contributed by atoms with Gasteiger partial charge >= 0.3 is 0 Å². The fourth-order valence-corrected chi connectivity index (χ4v) is 5.82. The Morgan fingerprint density at radius 1 is 0.818 bits per heavy atom. The third kappa shape index (κ3) is 7.90. The van der Waals surface area contributed by atoms with E-state index in [0.717, 1.165) is 4.31 Å². The van der Waals surface area contributed by atoms with Gasteiger partial charge in [0.15, 0.2) is 11.5 Å². The molecule has 0 spiro atoms. The highest BCUT2D eigenvalue weighted by Crippen LogP contribution is 2.37. The van der Waals surface area contributed by atoms with Gasteiger partial charge in [0.25, 0.3) is 10.0 Å². The molecule has 1 N–H and O–H groups in total. The molecule has 2 amide bonds. The fraction of sp³-hybridized carbons (Fsp3) is 0.355. The van der Waals surface area contributed by atoms with E-state index in [1.807, 2.05) is 0 Å². The fourth-order valence-electron chi connectivity index (χ4n) is 4.38. The molecule has 0 unspecified atom stereocenters. The molecule has 0 saturated carbocycles. The van der Waals surface area contributed by atoms with E-state index < -0.39 is 40.2 Å². The van der Waals surface area contributed by atoms with Crippen molar-refractivity contribution in [2.75, 3.05) is 39.3 Å². The monoisotopic (exact) mass is 631 g/mol. The van der Waals surface area contributed by atoms with Crippen LogP contribution < -0.4 is 28.6 Å². The third-order valence-electron chi connectivity index (χ3n) is 6.74. The number of ether oxygens (including phenoxy) is 4. The molecule has 3 aromatic rings. The summed E-state index contributed by atoms with van der Waals surface area (Å²) in [4.78, 5) is 28.3. The van der Waals surface area contributed by atoms with Gasteiger partial charge in [-0.15, -0.1) is 0 Å². The molecule has 0 bridgehead atoms. The minimum Gasteiger partial charge on any atom is -0.497 e. The predicted molar refractivity (Wildman–Crippen MR) is 163 cm³/mol. The third-order valence-corrected chi connectivity index (χ3v) is 8.50. The van der Waals surface area contributed by atoms with Crippen molar-refractivity contribution in [3.05, 3.63) is 72.0 Å². The van der Waals surface area contributed by atoms with Crippen molar-refractivity contribution in [2.45, 2.75) is 44.3 Å². The summed E-state index contributed by atoms with van der Waals surface area (Å²) in [6.07, 6.45) is 0. The van der Waals surface area contributed by atoms with Gasteiger partial charge in [0.1, 0.15) is 29.9 Å². The van der Waals surface area contributed by atoms with E-state index in [1.165, 1.54) is 87.9 Å². The van der Waals surface area contributed by atoms with Crippen LogP contribution in [-0.2, 0) is 26.2 Å². The summed E-state index contributed by atoms with van der Waals surface area (Å²) in [7, 11) is 1.11. The Balaban J connectivity index is 2.17. The summed E-state index contributed by atoms with van der Waals surface area (Å²) in [6.45, 7) is 4.29. The SMILES string of the molecule is COc1ccc(OC)c(N(CC(=O)N(Cc2ccc(F)cc2)[C@@H](C)C(=O)NC(C)C)S(=O)(=O)c2ccc(OC)c(OC)c2)c1. The molecular formula is C31H38FN3O8S. The molecule has 0 aromatic heterocycles. The van der Waals surface area contributed by atoms with Crippen LogP contribution in [0.25, 0.3) is 0 Å². The van der Waals surface area contributed by atoms with Crippen molar-refractivity contribution in [3.8, 4) is 23.0 Å². The second-order valence-corrected chi connectivity index (χ2v) is 11.9. The summed E-state index contributed by atoms with van der Waals surface area (Å²) in [6, 6.07) is 12.8. The number of nitrogens with one attached hydrogen (secondary N) is 1. The van der Waals surface area contributed by atoms with Gasteiger partial charge in [0.05, 0.1) is 39.0 Å². The van der Waals surface area contributed by atoms with Crippen LogP contribution in [-0.4, -0.2) is 72.2 Å². The zero-order valence-electron chi connectivity index (χ0n) is 25.8. The van der Waals surface area contributed by atoms with Crippen LogP contribution in [0.1, 0.15) is 26.3 Å². The molecule has 0 heterocycles. The summed E-state index contributed by atoms with van der Waals surface area (Å²) in [5.41, 5.74) is 0.563. The number of hydrogen-bond donors (Lipinski definition) is 1. The topological polar surface area (TPSA) is 124 Å². The highest BCUT2D eigenvalue weighted by atomic mass is 32.2. The number of halogens is 1. The van der Waals surface area contributed by atoms with Gasteiger partial charge in [0.2, 0.25) is 11.8 Å². The lowest BCUT2D eigenvalue weighted by atomic mass is 10.1. The summed E-state index contributed by atoms with van der Waals surface area (Å²) >= 11 is 0. The Kier molecular flexibility index (Phi) is 11.4. The lowest BCUT2D eigenvalue weighted by Gasteiger charge is -2.32. The Morgan fingerprint density at radius 3 is 2.00 bits per heavy atom. The maximum atomic E-state index is 14.3. The standard InChI is InChI=1S/C31H38FN3O8S/c1-20(2)33-31(37)21(3)34(18-22-8-10-23(32)11-9-22)30(36)19-35(26-16-24(40-4)12-14-27(26)41-5)44(38,39)25-13-15-28(42-6)29(17-25)43-7/h8-17,20-21H,18-19H2,1-7H3,(H,33,37)/t21-/m0/s1. The molecule has 0 fully saturated rings. The highest BCUT2D eigenvalue weighted by molar-refractivity contribution is 7.92. The van der Waals surface area contributed by atoms with Crippen molar-refractivity contribution in [3.63, 3.8) is 0 Å². The van der Waals surface area contributed by atoms with Crippen molar-refractivity contribution in [1.82, 2.24) is 10.2 Å². The van der Waals surface area contributed by atoms with Gasteiger partial charge in [-0.05, 0) is 62.7 Å². The number of carbonyl (C=O) groups excluding carboxylic acids is 2. The first-order valence-corrected chi connectivity index (χ1v) is 15.1. The van der Waals surface area contributed by atoms with Gasteiger partial charge in [-0.25, -0.2) is 12.8 Å². The first-order valence-electron chi connectivity index (χ1n) is 13.7. The normalized spacial score (nSPS) is 11.8. The van der Waals surface area contributed by atoms with Crippen LogP contribution in [0.5, 0.6) is 23.0 Å². The molecule has 0 radical (unpaired) electrons. The minimum absolute atomic E-state index is 0.0241. The lowest BCUT2D eigenvalue weighted by Crippen LogP contribution is -2.52. The molecule has 13 heteroatoms. The van der Waals surface area contributed by atoms with Crippen LogP contribution >= 0.6 is 0 Å². The Hall–Kier alpha value is -4.52. The average molecular weight is 632 g/mol. The number of sulfonamides is 1. The zero-order chi connectivity index (χ0) is 32.6. The van der Waals surface area contributed by atoms with E-state index >= 15 is 0 Å². The number of nitrogens with zero attached hydrogens (tertiary/aromatic N) is 2. The van der Waals surface area contributed by atoms with Gasteiger partial charge in [-0.2, -0.15) is 0 Å². The molecule has 0 aliphatic heterocycles. The predicted octanol–water partition coefficient (Wildman–Crippen LogP) is 4.00. The highest BCUT2D eigenvalue weighted by Gasteiger charge is 2.34. The number of rotatable bonds is 14. The van der Waals surface area contributed by atoms with Gasteiger partial charge in [-0.3, -0.25) is 13.9 Å². The van der Waals surface area contributed by atoms with Crippen molar-refractivity contribution >= 4 is 27.5 Å². The van der Waals surface area contributed by atoms with Gasteiger partial charge < -0.3 is 29.2 Å². The first-order chi connectivity index (χ1) is 20.9. The Morgan fingerprint density at radius 2 is 1.43 bits per heavy atom. The molecular weight excluding hydrogens is 593 g/mol. The van der Waals surface area contributed by atoms with Crippen molar-refractivity contribution < 1.29 is 41.3 Å². The first kappa shape index (κ1) is 34.0. The van der Waals surface area contributed by atoms with E-state index in [0.29, 0.717) is 17.1 Å². The lowest BCUT2D eigenvalue weighted by molar-refractivity contribution is -0.139. The average Bonchev–Trinajstić information content (AvgIpc) is 3.01. The van der Waals surface area contributed by atoms with E-state index in [2.05, 4.69) is 5.32 Å². The van der Waals surface area contributed by atoms with Crippen LogP contribution in [0.2, 0.25) is 0 Å². The maximum Gasteiger partial charge on any atom is 0.265 e. The minimum atomic E-state index is -4.48. The summed E-state index contributed by atoms with van der Waals surface area (Å²) in [5.74, 6) is -0.669. The van der Waals surface area contributed by atoms with Gasteiger partial charge in [0, 0.05) is 24.7 Å². The molecule has 3 rings (SSSR count). The van der Waals surface area contributed by atoms with Crippen LogP contribution in [0.15, 0.2) is 65.6 Å².